The molecule has 0 bridgehead atoms. The van der Waals surface area contributed by atoms with Gasteiger partial charge in [0.2, 0.25) is 0 Å². The molecule has 3 aromatic carbocycles. The van der Waals surface area contributed by atoms with Crippen molar-refractivity contribution in [2.75, 3.05) is 68.1 Å². The van der Waals surface area contributed by atoms with Crippen LogP contribution in [0.25, 0.3) is 12.2 Å². The number of ether oxygens (including phenoxy) is 10. The molecular weight excluding hydrogens is 921 g/mol. The minimum absolute atomic E-state index is 0.112. The summed E-state index contributed by atoms with van der Waals surface area (Å²) in [5.74, 6) is 2.09. The molecule has 0 fully saturated rings. The van der Waals surface area contributed by atoms with Crippen molar-refractivity contribution in [1.82, 2.24) is 0 Å². The number of carbonyl (C=O) groups is 4. The van der Waals surface area contributed by atoms with Crippen LogP contribution in [0.4, 0.5) is 0 Å². The summed E-state index contributed by atoms with van der Waals surface area (Å²) in [7, 11) is 5.83. The molecule has 3 aromatic rings. The van der Waals surface area contributed by atoms with E-state index in [0.29, 0.717) is 79.7 Å². The summed E-state index contributed by atoms with van der Waals surface area (Å²) in [5.41, 5.74) is 1.52. The minimum Gasteiger partial charge on any atom is -0.494 e. The SMILES string of the molecule is CCC(C)(C)C(=O)OCCCCCCCCCCCOC(=O)c1cc(OCCCCCCOc2ccc(/C=C/C(=O)OC)cc2OC)ccc1OCCCCCCOc1ccc(/C=C/C(=O)OC)cc1OC. The maximum absolute atomic E-state index is 13.5. The quantitative estimate of drug-likeness (QED) is 0.0230. The van der Waals surface area contributed by atoms with E-state index in [1.54, 1.807) is 44.6 Å². The highest BCUT2D eigenvalue weighted by Crippen LogP contribution is 2.31. The monoisotopic (exact) mass is 1000 g/mol. The van der Waals surface area contributed by atoms with Crippen molar-refractivity contribution in [2.24, 2.45) is 5.41 Å². The lowest BCUT2D eigenvalue weighted by atomic mass is 9.91. The fourth-order valence-corrected chi connectivity index (χ4v) is 7.20. The number of carbonyl (C=O) groups excluding carboxylic acids is 4. The van der Waals surface area contributed by atoms with E-state index in [1.807, 2.05) is 57.2 Å². The first-order chi connectivity index (χ1) is 34.9. The van der Waals surface area contributed by atoms with Gasteiger partial charge in [0, 0.05) is 12.2 Å². The lowest BCUT2D eigenvalue weighted by molar-refractivity contribution is -0.154. The highest BCUT2D eigenvalue weighted by atomic mass is 16.5. The zero-order valence-corrected chi connectivity index (χ0v) is 44.2. The molecule has 398 valence electrons. The van der Waals surface area contributed by atoms with Crippen LogP contribution >= 0.6 is 0 Å². The van der Waals surface area contributed by atoms with Crippen molar-refractivity contribution in [3.63, 3.8) is 0 Å². The topological polar surface area (TPSA) is 161 Å². The Labute approximate surface area is 429 Å². The molecule has 0 N–H and O–H groups in total. The first-order valence-electron chi connectivity index (χ1n) is 25.8. The fourth-order valence-electron chi connectivity index (χ4n) is 7.20. The molecule has 72 heavy (non-hydrogen) atoms. The van der Waals surface area contributed by atoms with Crippen molar-refractivity contribution < 1.29 is 66.5 Å². The van der Waals surface area contributed by atoms with Crippen LogP contribution in [-0.2, 0) is 33.3 Å². The summed E-state index contributed by atoms with van der Waals surface area (Å²) in [6.07, 6.45) is 23.2. The summed E-state index contributed by atoms with van der Waals surface area (Å²) < 4.78 is 55.8. The van der Waals surface area contributed by atoms with Crippen molar-refractivity contribution in [1.29, 1.82) is 0 Å². The van der Waals surface area contributed by atoms with Crippen molar-refractivity contribution in [3.8, 4) is 34.5 Å². The van der Waals surface area contributed by atoms with Crippen LogP contribution in [0.1, 0.15) is 158 Å². The Morgan fingerprint density at radius 2 is 0.833 bits per heavy atom. The molecule has 0 aliphatic heterocycles. The van der Waals surface area contributed by atoms with Crippen molar-refractivity contribution >= 4 is 36.0 Å². The van der Waals surface area contributed by atoms with Crippen LogP contribution in [-0.4, -0.2) is 92.0 Å². The summed E-state index contributed by atoms with van der Waals surface area (Å²) >= 11 is 0. The fraction of sp³-hybridized carbons (Fsp3) is 0.552. The largest absolute Gasteiger partial charge is 0.494 e. The molecule has 0 heterocycles. The van der Waals surface area contributed by atoms with Gasteiger partial charge in [0.15, 0.2) is 23.0 Å². The normalized spacial score (nSPS) is 11.3. The third-order valence-electron chi connectivity index (χ3n) is 12.1. The Balaban J connectivity index is 1.41. The molecule has 0 unspecified atom stereocenters. The summed E-state index contributed by atoms with van der Waals surface area (Å²) in [6, 6.07) is 16.3. The lowest BCUT2D eigenvalue weighted by Crippen LogP contribution is -2.26. The Kier molecular flexibility index (Phi) is 29.9. The third-order valence-corrected chi connectivity index (χ3v) is 12.1. The van der Waals surface area contributed by atoms with Crippen LogP contribution in [0.3, 0.4) is 0 Å². The average Bonchev–Trinajstić information content (AvgIpc) is 3.40. The van der Waals surface area contributed by atoms with E-state index in [9.17, 15) is 19.2 Å². The number of rotatable bonds is 39. The number of methoxy groups -OCH3 is 4. The Hall–Kier alpha value is -6.18. The standard InChI is InChI=1S/C58H82O14/c1-8-58(2,3)57(62)72-41-25-15-13-11-9-10-12-14-24-40-71-56(61)48-44-47(67-36-20-16-17-22-38-69-50-31-26-45(42-52(50)63-4)28-34-54(59)65-6)30-33-49(48)68-37-21-18-19-23-39-70-51-32-27-46(43-53(51)64-5)29-35-55(60)66-7/h26-35,42-44H,8-25,36-41H2,1-7H3/b34-28+,35-29+. The van der Waals surface area contributed by atoms with Gasteiger partial charge in [-0.3, -0.25) is 4.79 Å². The second kappa shape index (κ2) is 35.8. The van der Waals surface area contributed by atoms with Gasteiger partial charge >= 0.3 is 23.9 Å². The van der Waals surface area contributed by atoms with Gasteiger partial charge in [-0.25, -0.2) is 14.4 Å². The minimum atomic E-state index is -0.432. The van der Waals surface area contributed by atoms with E-state index in [4.69, 9.17) is 37.9 Å². The zero-order chi connectivity index (χ0) is 52.2. The molecular formula is C58H82O14. The Morgan fingerprint density at radius 1 is 0.444 bits per heavy atom. The highest BCUT2D eigenvalue weighted by Gasteiger charge is 2.26. The molecule has 0 aromatic heterocycles. The molecule has 0 atom stereocenters. The third kappa shape index (κ3) is 24.3. The van der Waals surface area contributed by atoms with Gasteiger partial charge < -0.3 is 47.4 Å². The van der Waals surface area contributed by atoms with Gasteiger partial charge in [-0.1, -0.05) is 64.0 Å². The summed E-state index contributed by atoms with van der Waals surface area (Å²) in [5, 5.41) is 0. The van der Waals surface area contributed by atoms with Crippen LogP contribution in [0.5, 0.6) is 34.5 Å². The first kappa shape index (κ1) is 60.1. The van der Waals surface area contributed by atoms with E-state index in [-0.39, 0.29) is 5.97 Å². The van der Waals surface area contributed by atoms with E-state index in [1.165, 1.54) is 26.4 Å². The van der Waals surface area contributed by atoms with Gasteiger partial charge in [-0.05, 0) is 150 Å². The van der Waals surface area contributed by atoms with E-state index in [2.05, 4.69) is 9.47 Å². The Bertz CT molecular complexity index is 2110. The van der Waals surface area contributed by atoms with E-state index >= 15 is 0 Å². The van der Waals surface area contributed by atoms with Gasteiger partial charge in [0.1, 0.15) is 17.1 Å². The van der Waals surface area contributed by atoms with Gasteiger partial charge in [-0.2, -0.15) is 0 Å². The first-order valence-corrected chi connectivity index (χ1v) is 25.8. The van der Waals surface area contributed by atoms with Gasteiger partial charge in [0.05, 0.1) is 73.5 Å². The van der Waals surface area contributed by atoms with Crippen LogP contribution in [0, 0.1) is 5.41 Å². The van der Waals surface area contributed by atoms with Crippen molar-refractivity contribution in [3.05, 3.63) is 83.4 Å². The lowest BCUT2D eigenvalue weighted by Gasteiger charge is -2.20. The molecule has 0 saturated carbocycles. The number of hydrogen-bond acceptors (Lipinski definition) is 14. The second-order valence-electron chi connectivity index (χ2n) is 18.1. The molecule has 0 saturated heterocycles. The van der Waals surface area contributed by atoms with Crippen molar-refractivity contribution in [2.45, 2.75) is 136 Å². The molecule has 14 heteroatoms. The second-order valence-corrected chi connectivity index (χ2v) is 18.1. The maximum atomic E-state index is 13.5. The number of unbranched alkanes of at least 4 members (excludes halogenated alkanes) is 14. The van der Waals surface area contributed by atoms with E-state index < -0.39 is 23.3 Å². The molecule has 3 rings (SSSR count). The number of hydrogen-bond donors (Lipinski definition) is 0. The smallest absolute Gasteiger partial charge is 0.342 e. The molecule has 14 nitrogen and oxygen atoms in total. The molecule has 0 radical (unpaired) electrons. The molecule has 0 spiro atoms. The molecule has 0 aliphatic rings. The Morgan fingerprint density at radius 3 is 1.26 bits per heavy atom. The number of benzene rings is 3. The zero-order valence-electron chi connectivity index (χ0n) is 44.2. The van der Waals surface area contributed by atoms with E-state index in [0.717, 1.165) is 127 Å². The van der Waals surface area contributed by atoms with Gasteiger partial charge in [0.25, 0.3) is 0 Å². The van der Waals surface area contributed by atoms with Crippen LogP contribution in [0.2, 0.25) is 0 Å². The maximum Gasteiger partial charge on any atom is 0.342 e. The van der Waals surface area contributed by atoms with Crippen LogP contribution < -0.4 is 28.4 Å². The van der Waals surface area contributed by atoms with Crippen LogP contribution in [0.15, 0.2) is 66.7 Å². The predicted octanol–water partition coefficient (Wildman–Crippen LogP) is 12.8. The molecule has 0 amide bonds. The summed E-state index contributed by atoms with van der Waals surface area (Å²) in [6.45, 7) is 8.66. The van der Waals surface area contributed by atoms with Gasteiger partial charge in [-0.15, -0.1) is 0 Å². The average molecular weight is 1000 g/mol. The molecule has 0 aliphatic carbocycles. The summed E-state index contributed by atoms with van der Waals surface area (Å²) in [4.78, 5) is 48.5. The highest BCUT2D eigenvalue weighted by molar-refractivity contribution is 5.93. The number of esters is 4. The predicted molar refractivity (Wildman–Crippen MR) is 280 cm³/mol.